The lowest BCUT2D eigenvalue weighted by Crippen LogP contribution is -2.23. The molecule has 1 atom stereocenters. The fourth-order valence-electron chi connectivity index (χ4n) is 2.21. The number of aromatic nitrogens is 1. The first-order valence-electron chi connectivity index (χ1n) is 7.44. The van der Waals surface area contributed by atoms with Crippen LogP contribution in [0.5, 0.6) is 0 Å². The molecular formula is C16H28N2. The highest BCUT2D eigenvalue weighted by Gasteiger charge is 2.11. The van der Waals surface area contributed by atoms with E-state index in [-0.39, 0.29) is 0 Å². The van der Waals surface area contributed by atoms with E-state index < -0.39 is 0 Å². The van der Waals surface area contributed by atoms with E-state index in [2.05, 4.69) is 49.3 Å². The van der Waals surface area contributed by atoms with Crippen LogP contribution < -0.4 is 5.32 Å². The molecule has 1 aromatic heterocycles. The maximum atomic E-state index is 4.66. The minimum atomic E-state index is 0.432. The quantitative estimate of drug-likeness (QED) is 0.655. The molecule has 1 aromatic rings. The maximum absolute atomic E-state index is 4.66. The van der Waals surface area contributed by atoms with Crippen LogP contribution in [-0.4, -0.2) is 11.5 Å². The zero-order valence-electron chi connectivity index (χ0n) is 12.2. The van der Waals surface area contributed by atoms with E-state index in [0.717, 1.165) is 12.2 Å². The number of rotatable bonds is 9. The average Bonchev–Trinajstić information content (AvgIpc) is 2.38. The third kappa shape index (κ3) is 5.63. The minimum Gasteiger partial charge on any atom is -0.309 e. The molecule has 0 aromatic carbocycles. The monoisotopic (exact) mass is 248 g/mol. The molecule has 102 valence electrons. The summed E-state index contributed by atoms with van der Waals surface area (Å²) in [5.41, 5.74) is 2.32. The second-order valence-corrected chi connectivity index (χ2v) is 5.06. The SMILES string of the molecule is CCCCCCC(NCCC)c1cccc(C)n1. The van der Waals surface area contributed by atoms with Crippen LogP contribution in [0.4, 0.5) is 0 Å². The van der Waals surface area contributed by atoms with Crippen molar-refractivity contribution in [3.05, 3.63) is 29.6 Å². The maximum Gasteiger partial charge on any atom is 0.0576 e. The van der Waals surface area contributed by atoms with Gasteiger partial charge in [0.1, 0.15) is 0 Å². The summed E-state index contributed by atoms with van der Waals surface area (Å²) in [5.74, 6) is 0. The van der Waals surface area contributed by atoms with Gasteiger partial charge >= 0.3 is 0 Å². The van der Waals surface area contributed by atoms with Crippen molar-refractivity contribution >= 4 is 0 Å². The molecule has 1 unspecified atom stereocenters. The summed E-state index contributed by atoms with van der Waals surface area (Å²) in [7, 11) is 0. The van der Waals surface area contributed by atoms with E-state index in [9.17, 15) is 0 Å². The lowest BCUT2D eigenvalue weighted by molar-refractivity contribution is 0.461. The van der Waals surface area contributed by atoms with Crippen molar-refractivity contribution in [3.8, 4) is 0 Å². The van der Waals surface area contributed by atoms with Crippen molar-refractivity contribution in [2.24, 2.45) is 0 Å². The summed E-state index contributed by atoms with van der Waals surface area (Å²) in [4.78, 5) is 4.66. The Bertz CT molecular complexity index is 323. The van der Waals surface area contributed by atoms with Gasteiger partial charge in [-0.1, -0.05) is 45.6 Å². The molecule has 18 heavy (non-hydrogen) atoms. The van der Waals surface area contributed by atoms with Gasteiger partial charge in [0.05, 0.1) is 5.69 Å². The van der Waals surface area contributed by atoms with Crippen molar-refractivity contribution < 1.29 is 0 Å². The van der Waals surface area contributed by atoms with E-state index in [4.69, 9.17) is 0 Å². The van der Waals surface area contributed by atoms with Gasteiger partial charge in [-0.25, -0.2) is 0 Å². The topological polar surface area (TPSA) is 24.9 Å². The van der Waals surface area contributed by atoms with Gasteiger partial charge in [0.2, 0.25) is 0 Å². The van der Waals surface area contributed by atoms with Crippen LogP contribution >= 0.6 is 0 Å². The summed E-state index contributed by atoms with van der Waals surface area (Å²) >= 11 is 0. The van der Waals surface area contributed by atoms with Crippen molar-refractivity contribution in [2.75, 3.05) is 6.54 Å². The highest BCUT2D eigenvalue weighted by molar-refractivity contribution is 5.13. The zero-order valence-corrected chi connectivity index (χ0v) is 12.2. The first-order valence-corrected chi connectivity index (χ1v) is 7.44. The van der Waals surface area contributed by atoms with Crippen molar-refractivity contribution in [1.29, 1.82) is 0 Å². The van der Waals surface area contributed by atoms with Crippen molar-refractivity contribution in [1.82, 2.24) is 10.3 Å². The molecule has 2 nitrogen and oxygen atoms in total. The third-order valence-electron chi connectivity index (χ3n) is 3.25. The molecule has 0 aliphatic heterocycles. The molecule has 1 heterocycles. The predicted molar refractivity (Wildman–Crippen MR) is 78.8 cm³/mol. The van der Waals surface area contributed by atoms with Crippen LogP contribution in [0.25, 0.3) is 0 Å². The fourth-order valence-corrected chi connectivity index (χ4v) is 2.21. The van der Waals surface area contributed by atoms with Gasteiger partial charge in [-0.2, -0.15) is 0 Å². The molecule has 1 N–H and O–H groups in total. The first-order chi connectivity index (χ1) is 8.77. The predicted octanol–water partition coefficient (Wildman–Crippen LogP) is 4.40. The lowest BCUT2D eigenvalue weighted by Gasteiger charge is -2.18. The van der Waals surface area contributed by atoms with E-state index >= 15 is 0 Å². The number of aryl methyl sites for hydroxylation is 1. The van der Waals surface area contributed by atoms with Crippen LogP contribution in [0.3, 0.4) is 0 Å². The van der Waals surface area contributed by atoms with Gasteiger partial charge in [0.25, 0.3) is 0 Å². The number of pyridine rings is 1. The van der Waals surface area contributed by atoms with Crippen LogP contribution in [-0.2, 0) is 0 Å². The summed E-state index contributed by atoms with van der Waals surface area (Å²) in [5, 5.41) is 3.63. The second kappa shape index (κ2) is 9.09. The normalized spacial score (nSPS) is 12.6. The standard InChI is InChI=1S/C16H28N2/c1-4-6-7-8-11-15(17-13-5-2)16-12-9-10-14(3)18-16/h9-10,12,15,17H,4-8,11,13H2,1-3H3. The highest BCUT2D eigenvalue weighted by atomic mass is 14.9. The summed E-state index contributed by atoms with van der Waals surface area (Å²) in [6.07, 6.45) is 7.67. The molecule has 0 aliphatic carbocycles. The molecule has 0 saturated carbocycles. The molecule has 1 rings (SSSR count). The highest BCUT2D eigenvalue weighted by Crippen LogP contribution is 2.18. The number of unbranched alkanes of at least 4 members (excludes halogenated alkanes) is 3. The number of hydrogen-bond acceptors (Lipinski definition) is 2. The Balaban J connectivity index is 2.54. The summed E-state index contributed by atoms with van der Waals surface area (Å²) in [6, 6.07) is 6.77. The molecular weight excluding hydrogens is 220 g/mol. The Morgan fingerprint density at radius 1 is 1.11 bits per heavy atom. The molecule has 0 amide bonds. The summed E-state index contributed by atoms with van der Waals surface area (Å²) < 4.78 is 0. The van der Waals surface area contributed by atoms with Crippen LogP contribution in [0.15, 0.2) is 18.2 Å². The fraction of sp³-hybridized carbons (Fsp3) is 0.688. The average molecular weight is 248 g/mol. The van der Waals surface area contributed by atoms with E-state index in [1.54, 1.807) is 0 Å². The van der Waals surface area contributed by atoms with Crippen LogP contribution in [0.2, 0.25) is 0 Å². The van der Waals surface area contributed by atoms with Crippen molar-refractivity contribution in [2.45, 2.75) is 65.3 Å². The lowest BCUT2D eigenvalue weighted by atomic mass is 10.0. The number of nitrogens with zero attached hydrogens (tertiary/aromatic N) is 1. The van der Waals surface area contributed by atoms with E-state index in [1.165, 1.54) is 44.2 Å². The van der Waals surface area contributed by atoms with Gasteiger partial charge in [0, 0.05) is 11.7 Å². The number of nitrogens with one attached hydrogen (secondary N) is 1. The molecule has 0 spiro atoms. The van der Waals surface area contributed by atoms with E-state index in [1.807, 2.05) is 0 Å². The van der Waals surface area contributed by atoms with Crippen molar-refractivity contribution in [3.63, 3.8) is 0 Å². The van der Waals surface area contributed by atoms with Crippen LogP contribution in [0, 0.1) is 6.92 Å². The minimum absolute atomic E-state index is 0.432. The molecule has 0 fully saturated rings. The Hall–Kier alpha value is -0.890. The molecule has 0 saturated heterocycles. The van der Waals surface area contributed by atoms with Gasteiger partial charge in [0.15, 0.2) is 0 Å². The number of hydrogen-bond donors (Lipinski definition) is 1. The van der Waals surface area contributed by atoms with E-state index in [0.29, 0.717) is 6.04 Å². The second-order valence-electron chi connectivity index (χ2n) is 5.06. The molecule has 0 aliphatic rings. The van der Waals surface area contributed by atoms with Crippen LogP contribution in [0.1, 0.15) is 69.8 Å². The Labute approximate surface area is 112 Å². The first kappa shape index (κ1) is 15.2. The van der Waals surface area contributed by atoms with Gasteiger partial charge in [-0.3, -0.25) is 4.98 Å². The van der Waals surface area contributed by atoms with Gasteiger partial charge in [-0.05, 0) is 38.4 Å². The third-order valence-corrected chi connectivity index (χ3v) is 3.25. The smallest absolute Gasteiger partial charge is 0.0576 e. The Morgan fingerprint density at radius 2 is 1.94 bits per heavy atom. The zero-order chi connectivity index (χ0) is 13.2. The van der Waals surface area contributed by atoms with Gasteiger partial charge in [-0.15, -0.1) is 0 Å². The Morgan fingerprint density at radius 3 is 2.61 bits per heavy atom. The van der Waals surface area contributed by atoms with Gasteiger partial charge < -0.3 is 5.32 Å². The molecule has 2 heteroatoms. The largest absolute Gasteiger partial charge is 0.309 e. The molecule has 0 bridgehead atoms. The Kier molecular flexibility index (Phi) is 7.66. The summed E-state index contributed by atoms with van der Waals surface area (Å²) in [6.45, 7) is 7.62. The molecule has 0 radical (unpaired) electrons.